The molecule has 0 bridgehead atoms. The van der Waals surface area contributed by atoms with Gasteiger partial charge in [0.2, 0.25) is 5.91 Å². The Morgan fingerprint density at radius 1 is 1.43 bits per heavy atom. The zero-order valence-corrected chi connectivity index (χ0v) is 9.43. The van der Waals surface area contributed by atoms with Gasteiger partial charge in [0.05, 0.1) is 15.9 Å². The van der Waals surface area contributed by atoms with E-state index in [2.05, 4.69) is 15.9 Å². The summed E-state index contributed by atoms with van der Waals surface area (Å²) in [6, 6.07) is 4.43. The highest BCUT2D eigenvalue weighted by molar-refractivity contribution is 9.09. The number of hydrogen-bond acceptors (Lipinski definition) is 2. The van der Waals surface area contributed by atoms with E-state index in [0.717, 1.165) is 0 Å². The molecule has 1 aromatic carbocycles. The SMILES string of the molecule is NC(=O)c1cc(C(=O)CBr)ccc1Cl. The van der Waals surface area contributed by atoms with Crippen LogP contribution in [0, 0.1) is 0 Å². The lowest BCUT2D eigenvalue weighted by atomic mass is 10.1. The van der Waals surface area contributed by atoms with Crippen LogP contribution in [0.15, 0.2) is 18.2 Å². The van der Waals surface area contributed by atoms with Gasteiger partial charge in [0.1, 0.15) is 0 Å². The van der Waals surface area contributed by atoms with Crippen molar-refractivity contribution in [3.8, 4) is 0 Å². The average molecular weight is 277 g/mol. The quantitative estimate of drug-likeness (QED) is 0.678. The fourth-order valence-electron chi connectivity index (χ4n) is 0.965. The molecule has 0 aromatic heterocycles. The van der Waals surface area contributed by atoms with E-state index in [9.17, 15) is 9.59 Å². The van der Waals surface area contributed by atoms with Crippen molar-refractivity contribution in [1.29, 1.82) is 0 Å². The molecule has 0 atom stereocenters. The number of halogens is 2. The van der Waals surface area contributed by atoms with Gasteiger partial charge in [-0.15, -0.1) is 0 Å². The van der Waals surface area contributed by atoms with Crippen molar-refractivity contribution in [2.45, 2.75) is 0 Å². The minimum Gasteiger partial charge on any atom is -0.366 e. The highest BCUT2D eigenvalue weighted by atomic mass is 79.9. The van der Waals surface area contributed by atoms with E-state index in [1.165, 1.54) is 12.1 Å². The van der Waals surface area contributed by atoms with Crippen molar-refractivity contribution in [2.24, 2.45) is 5.73 Å². The van der Waals surface area contributed by atoms with Crippen LogP contribution in [0.25, 0.3) is 0 Å². The normalized spacial score (nSPS) is 9.86. The Balaban J connectivity index is 3.19. The molecule has 1 amide bonds. The van der Waals surface area contributed by atoms with E-state index in [-0.39, 0.29) is 21.7 Å². The van der Waals surface area contributed by atoms with Gasteiger partial charge in [0.25, 0.3) is 0 Å². The second-order valence-corrected chi connectivity index (χ2v) is 3.58. The topological polar surface area (TPSA) is 60.2 Å². The molecule has 5 heteroatoms. The Labute approximate surface area is 94.4 Å². The molecule has 0 aliphatic carbocycles. The maximum atomic E-state index is 11.3. The number of rotatable bonds is 3. The molecule has 14 heavy (non-hydrogen) atoms. The van der Waals surface area contributed by atoms with Gasteiger partial charge < -0.3 is 5.73 Å². The van der Waals surface area contributed by atoms with Crippen LogP contribution in [0.1, 0.15) is 20.7 Å². The average Bonchev–Trinajstić information content (AvgIpc) is 2.17. The summed E-state index contributed by atoms with van der Waals surface area (Å²) in [6.45, 7) is 0. The third-order valence-electron chi connectivity index (χ3n) is 1.68. The molecule has 0 aliphatic heterocycles. The molecule has 0 heterocycles. The predicted octanol–water partition coefficient (Wildman–Crippen LogP) is 2.02. The van der Waals surface area contributed by atoms with Crippen molar-refractivity contribution >= 4 is 39.2 Å². The standard InChI is InChI=1S/C9H7BrClNO2/c10-4-8(13)5-1-2-7(11)6(3-5)9(12)14/h1-3H,4H2,(H2,12,14). The number of carbonyl (C=O) groups excluding carboxylic acids is 2. The van der Waals surface area contributed by atoms with Crippen LogP contribution < -0.4 is 5.73 Å². The summed E-state index contributed by atoms with van der Waals surface area (Å²) in [5, 5.41) is 0.455. The molecule has 0 spiro atoms. The van der Waals surface area contributed by atoms with Gasteiger partial charge in [0.15, 0.2) is 5.78 Å². The molecular formula is C9H7BrClNO2. The summed E-state index contributed by atoms with van der Waals surface area (Å²) in [4.78, 5) is 22.2. The summed E-state index contributed by atoms with van der Waals surface area (Å²) < 4.78 is 0. The van der Waals surface area contributed by atoms with Gasteiger partial charge in [-0.3, -0.25) is 9.59 Å². The van der Waals surface area contributed by atoms with E-state index in [4.69, 9.17) is 17.3 Å². The molecule has 1 rings (SSSR count). The zero-order chi connectivity index (χ0) is 10.7. The second-order valence-electron chi connectivity index (χ2n) is 2.62. The first-order chi connectivity index (χ1) is 6.56. The largest absolute Gasteiger partial charge is 0.366 e. The molecule has 74 valence electrons. The minimum atomic E-state index is -0.640. The third-order valence-corrected chi connectivity index (χ3v) is 2.51. The van der Waals surface area contributed by atoms with E-state index >= 15 is 0 Å². The minimum absolute atomic E-state index is 0.121. The van der Waals surface area contributed by atoms with Gasteiger partial charge in [0, 0.05) is 5.56 Å². The van der Waals surface area contributed by atoms with Crippen LogP contribution in [0.5, 0.6) is 0 Å². The van der Waals surface area contributed by atoms with Crippen molar-refractivity contribution in [2.75, 3.05) is 5.33 Å². The Bertz CT molecular complexity index is 392. The molecule has 0 radical (unpaired) electrons. The van der Waals surface area contributed by atoms with Crippen molar-refractivity contribution < 1.29 is 9.59 Å². The van der Waals surface area contributed by atoms with Crippen molar-refractivity contribution in [3.05, 3.63) is 34.3 Å². The van der Waals surface area contributed by atoms with Gasteiger partial charge in [-0.1, -0.05) is 27.5 Å². The fraction of sp³-hybridized carbons (Fsp3) is 0.111. The smallest absolute Gasteiger partial charge is 0.250 e. The van der Waals surface area contributed by atoms with Gasteiger partial charge in [-0.05, 0) is 18.2 Å². The molecular weight excluding hydrogens is 269 g/mol. The first-order valence-corrected chi connectivity index (χ1v) is 5.24. The number of ketones is 1. The third kappa shape index (κ3) is 2.33. The van der Waals surface area contributed by atoms with E-state index in [1.807, 2.05) is 0 Å². The molecule has 0 fully saturated rings. The van der Waals surface area contributed by atoms with Gasteiger partial charge in [-0.2, -0.15) is 0 Å². The number of hydrogen-bond donors (Lipinski definition) is 1. The van der Waals surface area contributed by atoms with Crippen LogP contribution in [0.3, 0.4) is 0 Å². The highest BCUT2D eigenvalue weighted by Crippen LogP contribution is 2.17. The molecule has 0 saturated heterocycles. The van der Waals surface area contributed by atoms with Crippen molar-refractivity contribution in [1.82, 2.24) is 0 Å². The molecule has 1 aromatic rings. The van der Waals surface area contributed by atoms with Gasteiger partial charge >= 0.3 is 0 Å². The Kier molecular flexibility index (Phi) is 3.66. The zero-order valence-electron chi connectivity index (χ0n) is 7.09. The second kappa shape index (κ2) is 4.57. The molecule has 0 unspecified atom stereocenters. The van der Waals surface area contributed by atoms with Crippen molar-refractivity contribution in [3.63, 3.8) is 0 Å². The molecule has 0 saturated carbocycles. The summed E-state index contributed by atoms with van der Waals surface area (Å²) in [7, 11) is 0. The number of alkyl halides is 1. The predicted molar refractivity (Wildman–Crippen MR) is 58.1 cm³/mol. The van der Waals surface area contributed by atoms with Crippen LogP contribution in [0.2, 0.25) is 5.02 Å². The number of primary amides is 1. The summed E-state index contributed by atoms with van der Waals surface area (Å²) in [6.07, 6.45) is 0. The van der Waals surface area contributed by atoms with E-state index < -0.39 is 5.91 Å². The Morgan fingerprint density at radius 3 is 2.57 bits per heavy atom. The maximum Gasteiger partial charge on any atom is 0.250 e. The lowest BCUT2D eigenvalue weighted by Gasteiger charge is -2.02. The van der Waals surface area contributed by atoms with E-state index in [0.29, 0.717) is 5.56 Å². The maximum absolute atomic E-state index is 11.3. The monoisotopic (exact) mass is 275 g/mol. The first kappa shape index (κ1) is 11.2. The number of benzene rings is 1. The summed E-state index contributed by atoms with van der Waals surface area (Å²) in [5.74, 6) is -0.761. The van der Waals surface area contributed by atoms with Crippen LogP contribution in [0.4, 0.5) is 0 Å². The highest BCUT2D eigenvalue weighted by Gasteiger charge is 2.10. The fourth-order valence-corrected chi connectivity index (χ4v) is 1.50. The van der Waals surface area contributed by atoms with E-state index in [1.54, 1.807) is 6.07 Å². The van der Waals surface area contributed by atoms with Crippen LogP contribution in [-0.4, -0.2) is 17.0 Å². The molecule has 3 nitrogen and oxygen atoms in total. The Hall–Kier alpha value is -0.870. The Morgan fingerprint density at radius 2 is 2.07 bits per heavy atom. The number of amides is 1. The summed E-state index contributed by atoms with van der Waals surface area (Å²) >= 11 is 8.75. The van der Waals surface area contributed by atoms with Gasteiger partial charge in [-0.25, -0.2) is 0 Å². The lowest BCUT2D eigenvalue weighted by molar-refractivity contribution is 0.100. The number of carbonyl (C=O) groups is 2. The first-order valence-electron chi connectivity index (χ1n) is 3.74. The van der Waals surface area contributed by atoms with Crippen LogP contribution >= 0.6 is 27.5 Å². The number of nitrogens with two attached hydrogens (primary N) is 1. The molecule has 2 N–H and O–H groups in total. The molecule has 0 aliphatic rings. The lowest BCUT2D eigenvalue weighted by Crippen LogP contribution is -2.13. The number of Topliss-reactive ketones (excluding diaryl/α,β-unsaturated/α-hetero) is 1. The van der Waals surface area contributed by atoms with Crippen LogP contribution in [-0.2, 0) is 0 Å². The summed E-state index contributed by atoms with van der Waals surface area (Å²) in [5.41, 5.74) is 5.66.